The number of benzene rings is 1. The molecule has 1 aromatic heterocycles. The smallest absolute Gasteiger partial charge is 0.220 e. The van der Waals surface area contributed by atoms with E-state index in [1.165, 1.54) is 18.9 Å². The Labute approximate surface area is 157 Å². The molecule has 2 heterocycles. The molecule has 4 rings (SSSR count). The van der Waals surface area contributed by atoms with Crippen molar-refractivity contribution in [3.8, 4) is 0 Å². The number of hydrogen-bond donors (Lipinski definition) is 1. The van der Waals surface area contributed by atoms with Crippen LogP contribution in [0.15, 0.2) is 24.3 Å². The van der Waals surface area contributed by atoms with Crippen molar-refractivity contribution in [2.45, 2.75) is 50.6 Å². The maximum Gasteiger partial charge on any atom is 0.220 e. The van der Waals surface area contributed by atoms with E-state index in [0.29, 0.717) is 37.3 Å². The van der Waals surface area contributed by atoms with E-state index in [0.717, 1.165) is 12.8 Å². The quantitative estimate of drug-likeness (QED) is 0.869. The van der Waals surface area contributed by atoms with Gasteiger partial charge in [0.2, 0.25) is 5.91 Å². The first-order valence-electron chi connectivity index (χ1n) is 9.70. The zero-order valence-electron chi connectivity index (χ0n) is 15.3. The number of carbonyl (C=O) groups is 1. The van der Waals surface area contributed by atoms with Crippen molar-refractivity contribution in [1.29, 1.82) is 0 Å². The predicted molar refractivity (Wildman–Crippen MR) is 97.1 cm³/mol. The van der Waals surface area contributed by atoms with Crippen LogP contribution in [0.5, 0.6) is 0 Å². The number of halogens is 1. The average molecular weight is 372 g/mol. The number of tetrazole rings is 1. The summed E-state index contributed by atoms with van der Waals surface area (Å²) in [5.41, 5.74) is 6.04. The van der Waals surface area contributed by atoms with E-state index in [2.05, 4.69) is 20.4 Å². The second-order valence-corrected chi connectivity index (χ2v) is 7.56. The molecule has 144 valence electrons. The highest BCUT2D eigenvalue weighted by atomic mass is 19.1. The summed E-state index contributed by atoms with van der Waals surface area (Å²) >= 11 is 0. The molecule has 0 unspecified atom stereocenters. The summed E-state index contributed by atoms with van der Waals surface area (Å²) in [6.07, 6.45) is 5.77. The fourth-order valence-electron chi connectivity index (χ4n) is 4.43. The third kappa shape index (κ3) is 3.58. The predicted octanol–water partition coefficient (Wildman–Crippen LogP) is 2.21. The molecule has 1 saturated carbocycles. The second kappa shape index (κ2) is 7.72. The monoisotopic (exact) mass is 372 g/mol. The number of aromatic nitrogens is 4. The minimum absolute atomic E-state index is 0.117. The van der Waals surface area contributed by atoms with Gasteiger partial charge in [-0.2, -0.15) is 0 Å². The number of carbonyl (C=O) groups excluding carboxylic acids is 1. The van der Waals surface area contributed by atoms with Crippen LogP contribution in [0.25, 0.3) is 0 Å². The lowest BCUT2D eigenvalue weighted by Gasteiger charge is -2.36. The summed E-state index contributed by atoms with van der Waals surface area (Å²) in [4.78, 5) is 13.7. The molecule has 27 heavy (non-hydrogen) atoms. The summed E-state index contributed by atoms with van der Waals surface area (Å²) in [5.74, 6) is 0.0475. The lowest BCUT2D eigenvalue weighted by Crippen LogP contribution is -2.42. The van der Waals surface area contributed by atoms with Crippen LogP contribution < -0.4 is 5.73 Å². The number of piperidine rings is 1. The molecular weight excluding hydrogens is 347 g/mol. The van der Waals surface area contributed by atoms with Crippen LogP contribution in [0.3, 0.4) is 0 Å². The van der Waals surface area contributed by atoms with Gasteiger partial charge in [-0.25, -0.2) is 9.07 Å². The van der Waals surface area contributed by atoms with Crippen LogP contribution in [-0.4, -0.2) is 44.1 Å². The number of likely N-dealkylation sites (tertiary alicyclic amines) is 1. The molecule has 0 radical (unpaired) electrons. The van der Waals surface area contributed by atoms with Gasteiger partial charge < -0.3 is 5.73 Å². The lowest BCUT2D eigenvalue weighted by molar-refractivity contribution is -0.123. The fourth-order valence-corrected chi connectivity index (χ4v) is 4.43. The van der Waals surface area contributed by atoms with Gasteiger partial charge >= 0.3 is 0 Å². The van der Waals surface area contributed by atoms with E-state index >= 15 is 0 Å². The highest BCUT2D eigenvalue weighted by Crippen LogP contribution is 2.36. The van der Waals surface area contributed by atoms with E-state index in [-0.39, 0.29) is 29.7 Å². The number of primary amides is 1. The van der Waals surface area contributed by atoms with Gasteiger partial charge in [0, 0.05) is 11.5 Å². The topological polar surface area (TPSA) is 89.9 Å². The molecule has 1 aliphatic heterocycles. The number of nitrogens with two attached hydrogens (primary N) is 1. The Morgan fingerprint density at radius 1 is 1.15 bits per heavy atom. The Balaban J connectivity index is 1.69. The van der Waals surface area contributed by atoms with Crippen molar-refractivity contribution < 1.29 is 9.18 Å². The minimum atomic E-state index is -0.365. The van der Waals surface area contributed by atoms with Crippen molar-refractivity contribution in [1.82, 2.24) is 25.1 Å². The molecule has 2 aliphatic rings. The number of amides is 1. The van der Waals surface area contributed by atoms with Gasteiger partial charge in [0.25, 0.3) is 0 Å². The van der Waals surface area contributed by atoms with Gasteiger partial charge in [-0.15, -0.1) is 5.10 Å². The van der Waals surface area contributed by atoms with Crippen molar-refractivity contribution in [3.63, 3.8) is 0 Å². The molecule has 2 aromatic rings. The highest BCUT2D eigenvalue weighted by Gasteiger charge is 2.35. The molecule has 7 nitrogen and oxygen atoms in total. The molecule has 1 aliphatic carbocycles. The Morgan fingerprint density at radius 3 is 2.52 bits per heavy atom. The molecule has 1 aromatic carbocycles. The van der Waals surface area contributed by atoms with Crippen LogP contribution in [0.4, 0.5) is 4.39 Å². The molecule has 0 spiro atoms. The number of hydrogen-bond acceptors (Lipinski definition) is 5. The summed E-state index contributed by atoms with van der Waals surface area (Å²) in [7, 11) is 0. The number of nitrogens with zero attached hydrogens (tertiary/aromatic N) is 5. The van der Waals surface area contributed by atoms with Crippen molar-refractivity contribution in [3.05, 3.63) is 41.5 Å². The van der Waals surface area contributed by atoms with Gasteiger partial charge in [-0.3, -0.25) is 9.69 Å². The average Bonchev–Trinajstić information content (AvgIpc) is 3.35. The molecule has 1 saturated heterocycles. The van der Waals surface area contributed by atoms with Gasteiger partial charge in [0.1, 0.15) is 11.9 Å². The van der Waals surface area contributed by atoms with Gasteiger partial charge in [0.05, 0.1) is 6.04 Å². The normalized spacial score (nSPS) is 20.8. The zero-order valence-corrected chi connectivity index (χ0v) is 15.3. The van der Waals surface area contributed by atoms with Crippen LogP contribution in [-0.2, 0) is 4.79 Å². The molecule has 1 amide bonds. The SMILES string of the molecule is NC(=O)C1CCN([C@@H](c2ccccc2F)c2nnnn2C2CCCC2)CC1. The van der Waals surface area contributed by atoms with Crippen molar-refractivity contribution in [2.24, 2.45) is 11.7 Å². The minimum Gasteiger partial charge on any atom is -0.369 e. The Morgan fingerprint density at radius 2 is 1.85 bits per heavy atom. The van der Waals surface area contributed by atoms with Gasteiger partial charge in [-0.1, -0.05) is 31.0 Å². The molecule has 2 N–H and O–H groups in total. The van der Waals surface area contributed by atoms with Crippen molar-refractivity contribution >= 4 is 5.91 Å². The Bertz CT molecular complexity index is 795. The highest BCUT2D eigenvalue weighted by molar-refractivity contribution is 5.76. The zero-order chi connectivity index (χ0) is 18.8. The van der Waals surface area contributed by atoms with Crippen LogP contribution in [0.2, 0.25) is 0 Å². The summed E-state index contributed by atoms with van der Waals surface area (Å²) in [5, 5.41) is 12.5. The summed E-state index contributed by atoms with van der Waals surface area (Å²) < 4.78 is 16.6. The first-order valence-corrected chi connectivity index (χ1v) is 9.70. The van der Waals surface area contributed by atoms with Crippen LogP contribution in [0.1, 0.15) is 62.0 Å². The van der Waals surface area contributed by atoms with Crippen molar-refractivity contribution in [2.75, 3.05) is 13.1 Å². The Kier molecular flexibility index (Phi) is 5.15. The van der Waals surface area contributed by atoms with Gasteiger partial charge in [0.15, 0.2) is 5.82 Å². The second-order valence-electron chi connectivity index (χ2n) is 7.56. The molecular formula is C19H25FN6O. The van der Waals surface area contributed by atoms with E-state index in [1.807, 2.05) is 10.7 Å². The molecule has 1 atom stereocenters. The largest absolute Gasteiger partial charge is 0.369 e. The van der Waals surface area contributed by atoms with Gasteiger partial charge in [-0.05, 0) is 55.3 Å². The van der Waals surface area contributed by atoms with E-state index in [9.17, 15) is 9.18 Å². The fraction of sp³-hybridized carbons (Fsp3) is 0.579. The standard InChI is InChI=1S/C19H25FN6O/c20-16-8-4-3-7-15(16)17(25-11-9-13(10-12-25)18(21)27)19-22-23-24-26(19)14-5-1-2-6-14/h3-4,7-8,13-14,17H,1-2,5-6,9-12H2,(H2,21,27)/t17-/m0/s1. The summed E-state index contributed by atoms with van der Waals surface area (Å²) in [6, 6.07) is 6.71. The first-order chi connectivity index (χ1) is 13.1. The third-order valence-electron chi connectivity index (χ3n) is 5.93. The van der Waals surface area contributed by atoms with E-state index in [4.69, 9.17) is 5.73 Å². The van der Waals surface area contributed by atoms with E-state index < -0.39 is 0 Å². The van der Waals surface area contributed by atoms with Crippen LogP contribution in [0, 0.1) is 11.7 Å². The van der Waals surface area contributed by atoms with E-state index in [1.54, 1.807) is 12.1 Å². The molecule has 0 bridgehead atoms. The number of rotatable bonds is 5. The Hall–Kier alpha value is -2.35. The maximum atomic E-state index is 14.7. The van der Waals surface area contributed by atoms with Crippen LogP contribution >= 0.6 is 0 Å². The molecule has 2 fully saturated rings. The third-order valence-corrected chi connectivity index (χ3v) is 5.93. The summed E-state index contributed by atoms with van der Waals surface area (Å²) in [6.45, 7) is 1.31. The molecule has 8 heteroatoms. The maximum absolute atomic E-state index is 14.7. The lowest BCUT2D eigenvalue weighted by atomic mass is 9.93. The first kappa shape index (κ1) is 18.0.